The average Bonchev–Trinajstić information content (AvgIpc) is 2.79. The molecule has 1 atom stereocenters. The molecule has 1 aromatic rings. The third kappa shape index (κ3) is 4.44. The minimum Gasteiger partial charge on any atom is -0.497 e. The number of ether oxygens (including phenoxy) is 1. The Hall–Kier alpha value is -1.60. The summed E-state index contributed by atoms with van der Waals surface area (Å²) >= 11 is 0. The van der Waals surface area contributed by atoms with Gasteiger partial charge in [-0.3, -0.25) is 9.69 Å². The fourth-order valence-corrected chi connectivity index (χ4v) is 4.19. The zero-order valence-electron chi connectivity index (χ0n) is 12.2. The van der Waals surface area contributed by atoms with Crippen molar-refractivity contribution < 1.29 is 17.9 Å². The first-order chi connectivity index (χ1) is 9.89. The van der Waals surface area contributed by atoms with E-state index in [0.717, 1.165) is 0 Å². The molecule has 0 bridgehead atoms. The van der Waals surface area contributed by atoms with Gasteiger partial charge in [-0.15, -0.1) is 0 Å². The summed E-state index contributed by atoms with van der Waals surface area (Å²) in [5, 5.41) is 2.78. The summed E-state index contributed by atoms with van der Waals surface area (Å²) < 4.78 is 28.0. The fourth-order valence-electron chi connectivity index (χ4n) is 2.38. The van der Waals surface area contributed by atoms with Gasteiger partial charge in [-0.25, -0.2) is 8.42 Å². The molecule has 1 fully saturated rings. The number of hydrogen-bond acceptors (Lipinski definition) is 5. The number of likely N-dealkylation sites (N-methyl/N-ethyl adjacent to an activating group) is 1. The maximum Gasteiger partial charge on any atom is 0.238 e. The lowest BCUT2D eigenvalue weighted by Gasteiger charge is -2.22. The molecule has 1 amide bonds. The summed E-state index contributed by atoms with van der Waals surface area (Å²) in [4.78, 5) is 13.8. The Bertz CT molecular complexity index is 615. The molecule has 0 aliphatic carbocycles. The number of hydrogen-bond donors (Lipinski definition) is 1. The normalized spacial score (nSPS) is 20.4. The quantitative estimate of drug-likeness (QED) is 0.868. The van der Waals surface area contributed by atoms with Crippen molar-refractivity contribution in [3.05, 3.63) is 24.3 Å². The van der Waals surface area contributed by atoms with E-state index in [4.69, 9.17) is 4.74 Å². The lowest BCUT2D eigenvalue weighted by Crippen LogP contribution is -2.38. The van der Waals surface area contributed by atoms with Crippen molar-refractivity contribution in [1.29, 1.82) is 0 Å². The minimum atomic E-state index is -2.93. The lowest BCUT2D eigenvalue weighted by molar-refractivity contribution is -0.117. The van der Waals surface area contributed by atoms with Gasteiger partial charge in [-0.2, -0.15) is 0 Å². The number of carbonyl (C=O) groups excluding carboxylic acids is 1. The Morgan fingerprint density at radius 2 is 2.24 bits per heavy atom. The highest BCUT2D eigenvalue weighted by Crippen LogP contribution is 2.18. The molecule has 1 aliphatic rings. The van der Waals surface area contributed by atoms with E-state index in [9.17, 15) is 13.2 Å². The number of methoxy groups -OCH3 is 1. The minimum absolute atomic E-state index is 0.0777. The average molecular weight is 312 g/mol. The van der Waals surface area contributed by atoms with Crippen LogP contribution in [0.25, 0.3) is 0 Å². The van der Waals surface area contributed by atoms with Crippen molar-refractivity contribution in [2.24, 2.45) is 0 Å². The van der Waals surface area contributed by atoms with Gasteiger partial charge in [0.1, 0.15) is 5.75 Å². The van der Waals surface area contributed by atoms with Crippen molar-refractivity contribution in [1.82, 2.24) is 4.90 Å². The van der Waals surface area contributed by atoms with Crippen LogP contribution < -0.4 is 10.1 Å². The van der Waals surface area contributed by atoms with E-state index in [1.807, 2.05) is 0 Å². The Kier molecular flexibility index (Phi) is 4.84. The van der Waals surface area contributed by atoms with E-state index in [0.29, 0.717) is 17.9 Å². The second-order valence-corrected chi connectivity index (χ2v) is 7.48. The van der Waals surface area contributed by atoms with E-state index >= 15 is 0 Å². The Labute approximate surface area is 125 Å². The first kappa shape index (κ1) is 15.8. The molecule has 0 spiro atoms. The number of sulfone groups is 1. The highest BCUT2D eigenvalue weighted by atomic mass is 32.2. The molecule has 1 N–H and O–H groups in total. The van der Waals surface area contributed by atoms with Crippen LogP contribution in [0.5, 0.6) is 5.75 Å². The van der Waals surface area contributed by atoms with Gasteiger partial charge in [0.05, 0.1) is 25.2 Å². The number of nitrogens with zero attached hydrogens (tertiary/aromatic N) is 1. The van der Waals surface area contributed by atoms with Gasteiger partial charge in [-0.05, 0) is 25.6 Å². The predicted octanol–water partition coefficient (Wildman–Crippen LogP) is 0.753. The van der Waals surface area contributed by atoms with Crippen molar-refractivity contribution in [3.8, 4) is 5.75 Å². The van der Waals surface area contributed by atoms with Crippen molar-refractivity contribution in [2.45, 2.75) is 12.5 Å². The van der Waals surface area contributed by atoms with Crippen LogP contribution in [0.2, 0.25) is 0 Å². The third-order valence-corrected chi connectivity index (χ3v) is 5.33. The monoisotopic (exact) mass is 312 g/mol. The third-order valence-electron chi connectivity index (χ3n) is 3.58. The van der Waals surface area contributed by atoms with Crippen molar-refractivity contribution >= 4 is 21.4 Å². The number of rotatable bonds is 5. The molecule has 6 nitrogen and oxygen atoms in total. The fraction of sp³-hybridized carbons (Fsp3) is 0.500. The summed E-state index contributed by atoms with van der Waals surface area (Å²) in [5.41, 5.74) is 0.659. The zero-order valence-corrected chi connectivity index (χ0v) is 13.0. The molecule has 0 saturated carbocycles. The van der Waals surface area contributed by atoms with E-state index in [1.165, 1.54) is 0 Å². The molecule has 1 aliphatic heterocycles. The molecule has 1 saturated heterocycles. The van der Waals surface area contributed by atoms with E-state index in [2.05, 4.69) is 5.32 Å². The maximum absolute atomic E-state index is 12.0. The Morgan fingerprint density at radius 1 is 1.48 bits per heavy atom. The van der Waals surface area contributed by atoms with Crippen LogP contribution in [-0.4, -0.2) is 57.5 Å². The van der Waals surface area contributed by atoms with Crippen LogP contribution in [0, 0.1) is 0 Å². The molecule has 1 unspecified atom stereocenters. The lowest BCUT2D eigenvalue weighted by atomic mass is 10.2. The largest absolute Gasteiger partial charge is 0.497 e. The molecule has 0 aromatic heterocycles. The number of benzene rings is 1. The Balaban J connectivity index is 1.89. The van der Waals surface area contributed by atoms with Crippen LogP contribution in [0.1, 0.15) is 6.42 Å². The number of amides is 1. The van der Waals surface area contributed by atoms with Crippen LogP contribution in [-0.2, 0) is 14.6 Å². The predicted molar refractivity (Wildman–Crippen MR) is 81.3 cm³/mol. The summed E-state index contributed by atoms with van der Waals surface area (Å²) in [6.07, 6.45) is 0.589. The molecule has 1 aromatic carbocycles. The number of nitrogens with one attached hydrogen (secondary N) is 1. The zero-order chi connectivity index (χ0) is 15.5. The van der Waals surface area contributed by atoms with Crippen LogP contribution in [0.15, 0.2) is 24.3 Å². The molecule has 2 rings (SSSR count). The summed E-state index contributed by atoms with van der Waals surface area (Å²) in [6, 6.07) is 7.02. The number of carbonyl (C=O) groups is 1. The van der Waals surface area contributed by atoms with Gasteiger partial charge in [0, 0.05) is 17.8 Å². The highest BCUT2D eigenvalue weighted by Gasteiger charge is 2.31. The van der Waals surface area contributed by atoms with Crippen LogP contribution >= 0.6 is 0 Å². The van der Waals surface area contributed by atoms with E-state index < -0.39 is 9.84 Å². The molecule has 1 heterocycles. The highest BCUT2D eigenvalue weighted by molar-refractivity contribution is 7.91. The topological polar surface area (TPSA) is 75.7 Å². The second kappa shape index (κ2) is 6.44. The summed E-state index contributed by atoms with van der Waals surface area (Å²) in [7, 11) is 0.405. The van der Waals surface area contributed by atoms with Gasteiger partial charge in [0.15, 0.2) is 9.84 Å². The van der Waals surface area contributed by atoms with Crippen LogP contribution in [0.3, 0.4) is 0 Å². The molecule has 21 heavy (non-hydrogen) atoms. The molecule has 116 valence electrons. The Morgan fingerprint density at radius 3 is 2.86 bits per heavy atom. The van der Waals surface area contributed by atoms with Crippen LogP contribution in [0.4, 0.5) is 5.69 Å². The summed E-state index contributed by atoms with van der Waals surface area (Å²) in [5.74, 6) is 0.841. The van der Waals surface area contributed by atoms with Gasteiger partial charge in [0.2, 0.25) is 5.91 Å². The van der Waals surface area contributed by atoms with Gasteiger partial charge < -0.3 is 10.1 Å². The van der Waals surface area contributed by atoms with Crippen molar-refractivity contribution in [3.63, 3.8) is 0 Å². The molecular formula is C14H20N2O4S. The molecule has 0 radical (unpaired) electrons. The SMILES string of the molecule is COc1cccc(NC(=O)CN(C)C2CCS(=O)(=O)C2)c1. The first-order valence-corrected chi connectivity index (χ1v) is 8.56. The van der Waals surface area contributed by atoms with E-state index in [1.54, 1.807) is 43.3 Å². The van der Waals surface area contributed by atoms with Gasteiger partial charge in [-0.1, -0.05) is 6.07 Å². The molecule has 7 heteroatoms. The molecular weight excluding hydrogens is 292 g/mol. The van der Waals surface area contributed by atoms with Gasteiger partial charge in [0.25, 0.3) is 0 Å². The van der Waals surface area contributed by atoms with Crippen molar-refractivity contribution in [2.75, 3.05) is 37.5 Å². The van der Waals surface area contributed by atoms with Gasteiger partial charge >= 0.3 is 0 Å². The number of anilines is 1. The van der Waals surface area contributed by atoms with E-state index in [-0.39, 0.29) is 30.0 Å². The smallest absolute Gasteiger partial charge is 0.238 e. The summed E-state index contributed by atoms with van der Waals surface area (Å²) in [6.45, 7) is 0.164. The second-order valence-electron chi connectivity index (χ2n) is 5.25. The standard InChI is InChI=1S/C14H20N2O4S/c1-16(12-6-7-21(18,19)10-12)9-14(17)15-11-4-3-5-13(8-11)20-2/h3-5,8,12H,6-7,9-10H2,1-2H3,(H,15,17). The first-order valence-electron chi connectivity index (χ1n) is 6.74. The maximum atomic E-state index is 12.0.